The van der Waals surface area contributed by atoms with E-state index in [0.29, 0.717) is 12.3 Å². The van der Waals surface area contributed by atoms with E-state index in [1.165, 1.54) is 12.1 Å². The van der Waals surface area contributed by atoms with E-state index in [9.17, 15) is 9.59 Å². The molecule has 0 fully saturated rings. The number of fused-ring (bicyclic) bond motifs is 1. The lowest BCUT2D eigenvalue weighted by molar-refractivity contribution is -0.125. The van der Waals surface area contributed by atoms with Crippen LogP contribution < -0.4 is 9.64 Å². The van der Waals surface area contributed by atoms with E-state index in [0.717, 1.165) is 11.3 Å². The zero-order valence-electron chi connectivity index (χ0n) is 12.0. The molecule has 1 aliphatic rings. The maximum absolute atomic E-state index is 12.4. The van der Waals surface area contributed by atoms with Crippen LogP contribution in [0.3, 0.4) is 0 Å². The first-order chi connectivity index (χ1) is 10.6. The Morgan fingerprint density at radius 3 is 2.55 bits per heavy atom. The first kappa shape index (κ1) is 14.1. The molecule has 0 saturated carbocycles. The molecule has 5 heteroatoms. The summed E-state index contributed by atoms with van der Waals surface area (Å²) in [5, 5.41) is 8.92. The zero-order chi connectivity index (χ0) is 15.7. The van der Waals surface area contributed by atoms with Gasteiger partial charge in [-0.3, -0.25) is 4.79 Å². The first-order valence-electron chi connectivity index (χ1n) is 6.95. The van der Waals surface area contributed by atoms with Crippen LogP contribution in [0.2, 0.25) is 0 Å². The molecule has 1 N–H and O–H groups in total. The number of hydrogen-bond acceptors (Lipinski definition) is 3. The molecular weight excluding hydrogens is 282 g/mol. The summed E-state index contributed by atoms with van der Waals surface area (Å²) < 4.78 is 5.59. The maximum Gasteiger partial charge on any atom is 0.335 e. The fraction of sp³-hybridized carbons (Fsp3) is 0.176. The number of ether oxygens (including phenoxy) is 1. The monoisotopic (exact) mass is 297 g/mol. The molecule has 3 rings (SSSR count). The van der Waals surface area contributed by atoms with Crippen LogP contribution in [-0.4, -0.2) is 23.1 Å². The molecule has 1 aliphatic heterocycles. The molecule has 0 aromatic heterocycles. The summed E-state index contributed by atoms with van der Waals surface area (Å²) >= 11 is 0. The second kappa shape index (κ2) is 5.52. The number of hydrogen-bond donors (Lipinski definition) is 1. The summed E-state index contributed by atoms with van der Waals surface area (Å²) in [7, 11) is 0. The van der Waals surface area contributed by atoms with Crippen LogP contribution in [0.25, 0.3) is 0 Å². The molecule has 5 nitrogen and oxygen atoms in total. The number of para-hydroxylation sites is 2. The van der Waals surface area contributed by atoms with Crippen LogP contribution in [0.15, 0.2) is 48.5 Å². The molecule has 0 unspecified atom stereocenters. The number of anilines is 1. The van der Waals surface area contributed by atoms with Gasteiger partial charge in [0.15, 0.2) is 6.10 Å². The molecule has 0 bridgehead atoms. The summed E-state index contributed by atoms with van der Waals surface area (Å²) in [6, 6.07) is 13.9. The van der Waals surface area contributed by atoms with E-state index in [1.54, 1.807) is 24.0 Å². The Bertz CT molecular complexity index is 724. The Hall–Kier alpha value is -2.82. The minimum atomic E-state index is -0.965. The average Bonchev–Trinajstić information content (AvgIpc) is 2.52. The molecule has 0 spiro atoms. The van der Waals surface area contributed by atoms with Gasteiger partial charge in [-0.2, -0.15) is 0 Å². The van der Waals surface area contributed by atoms with Crippen molar-refractivity contribution in [3.05, 3.63) is 59.7 Å². The Balaban J connectivity index is 1.90. The van der Waals surface area contributed by atoms with Crippen molar-refractivity contribution in [2.75, 3.05) is 4.90 Å². The van der Waals surface area contributed by atoms with Crippen molar-refractivity contribution in [1.29, 1.82) is 0 Å². The van der Waals surface area contributed by atoms with Gasteiger partial charge in [-0.05, 0) is 36.8 Å². The molecule has 0 saturated heterocycles. The highest BCUT2D eigenvalue weighted by Crippen LogP contribution is 2.34. The number of benzene rings is 2. The second-order valence-corrected chi connectivity index (χ2v) is 5.15. The summed E-state index contributed by atoms with van der Waals surface area (Å²) in [6.45, 7) is 2.10. The molecule has 2 aromatic carbocycles. The van der Waals surface area contributed by atoms with Gasteiger partial charge < -0.3 is 14.7 Å². The molecule has 1 amide bonds. The van der Waals surface area contributed by atoms with E-state index < -0.39 is 12.1 Å². The van der Waals surface area contributed by atoms with Crippen molar-refractivity contribution in [3.8, 4) is 5.75 Å². The Morgan fingerprint density at radius 2 is 1.86 bits per heavy atom. The van der Waals surface area contributed by atoms with Crippen molar-refractivity contribution in [1.82, 2.24) is 0 Å². The maximum atomic E-state index is 12.4. The van der Waals surface area contributed by atoms with Crippen LogP contribution in [0.1, 0.15) is 22.8 Å². The lowest BCUT2D eigenvalue weighted by Crippen LogP contribution is -2.43. The number of rotatable bonds is 3. The summed E-state index contributed by atoms with van der Waals surface area (Å²) in [6.07, 6.45) is -0.534. The largest absolute Gasteiger partial charge is 0.479 e. The van der Waals surface area contributed by atoms with Crippen LogP contribution in [0.5, 0.6) is 5.75 Å². The van der Waals surface area contributed by atoms with Gasteiger partial charge >= 0.3 is 5.97 Å². The highest BCUT2D eigenvalue weighted by Gasteiger charge is 2.31. The van der Waals surface area contributed by atoms with Crippen molar-refractivity contribution >= 4 is 17.6 Å². The average molecular weight is 297 g/mol. The number of nitrogens with zero attached hydrogens (tertiary/aromatic N) is 1. The Kier molecular flexibility index (Phi) is 3.55. The van der Waals surface area contributed by atoms with Crippen molar-refractivity contribution in [2.45, 2.75) is 19.6 Å². The van der Waals surface area contributed by atoms with Gasteiger partial charge in [-0.1, -0.05) is 24.3 Å². The molecule has 22 heavy (non-hydrogen) atoms. The highest BCUT2D eigenvalue weighted by molar-refractivity contribution is 5.99. The SMILES string of the molecule is C[C@@H]1Oc2ccccc2N(Cc2ccc(C(=O)O)cc2)C1=O. The third-order valence-electron chi connectivity index (χ3n) is 3.62. The smallest absolute Gasteiger partial charge is 0.335 e. The van der Waals surface area contributed by atoms with E-state index in [-0.39, 0.29) is 11.5 Å². The van der Waals surface area contributed by atoms with Gasteiger partial charge in [-0.25, -0.2) is 4.79 Å². The number of carboxylic acid groups (broad SMARTS) is 1. The van der Waals surface area contributed by atoms with Crippen molar-refractivity contribution in [3.63, 3.8) is 0 Å². The number of aromatic carboxylic acids is 1. The van der Waals surface area contributed by atoms with E-state index in [1.807, 2.05) is 24.3 Å². The highest BCUT2D eigenvalue weighted by atomic mass is 16.5. The second-order valence-electron chi connectivity index (χ2n) is 5.15. The Morgan fingerprint density at radius 1 is 1.18 bits per heavy atom. The standard InChI is InChI=1S/C17H15NO4/c1-11-16(19)18(14-4-2-3-5-15(14)22-11)10-12-6-8-13(9-7-12)17(20)21/h2-9,11H,10H2,1H3,(H,20,21)/t11-/m0/s1. The quantitative estimate of drug-likeness (QED) is 0.946. The fourth-order valence-corrected chi connectivity index (χ4v) is 2.46. The molecule has 0 radical (unpaired) electrons. The minimum absolute atomic E-state index is 0.110. The molecule has 1 atom stereocenters. The minimum Gasteiger partial charge on any atom is -0.479 e. The number of carbonyl (C=O) groups is 2. The van der Waals surface area contributed by atoms with Crippen LogP contribution in [0.4, 0.5) is 5.69 Å². The molecule has 2 aromatic rings. The zero-order valence-corrected chi connectivity index (χ0v) is 12.0. The lowest BCUT2D eigenvalue weighted by Gasteiger charge is -2.33. The van der Waals surface area contributed by atoms with Gasteiger partial charge in [0.1, 0.15) is 5.75 Å². The van der Waals surface area contributed by atoms with E-state index in [2.05, 4.69) is 0 Å². The third kappa shape index (κ3) is 2.53. The summed E-state index contributed by atoms with van der Waals surface area (Å²) in [4.78, 5) is 24.9. The number of amides is 1. The van der Waals surface area contributed by atoms with Crippen LogP contribution in [0, 0.1) is 0 Å². The molecule has 112 valence electrons. The van der Waals surface area contributed by atoms with Gasteiger partial charge in [0, 0.05) is 0 Å². The van der Waals surface area contributed by atoms with Crippen molar-refractivity contribution in [2.24, 2.45) is 0 Å². The molecule has 0 aliphatic carbocycles. The summed E-state index contributed by atoms with van der Waals surface area (Å²) in [5.74, 6) is -0.397. The van der Waals surface area contributed by atoms with Gasteiger partial charge in [0.2, 0.25) is 0 Å². The topological polar surface area (TPSA) is 66.8 Å². The molecule has 1 heterocycles. The van der Waals surface area contributed by atoms with Gasteiger partial charge in [0.05, 0.1) is 17.8 Å². The number of carbonyl (C=O) groups excluding carboxylic acids is 1. The predicted molar refractivity (Wildman–Crippen MR) is 81.1 cm³/mol. The Labute approximate surface area is 127 Å². The van der Waals surface area contributed by atoms with Gasteiger partial charge in [0.25, 0.3) is 5.91 Å². The van der Waals surface area contributed by atoms with Gasteiger partial charge in [-0.15, -0.1) is 0 Å². The fourth-order valence-electron chi connectivity index (χ4n) is 2.46. The predicted octanol–water partition coefficient (Wildman–Crippen LogP) is 2.70. The summed E-state index contributed by atoms with van der Waals surface area (Å²) in [5.41, 5.74) is 1.82. The van der Waals surface area contributed by atoms with Crippen LogP contribution in [-0.2, 0) is 11.3 Å². The van der Waals surface area contributed by atoms with Crippen LogP contribution >= 0.6 is 0 Å². The van der Waals surface area contributed by atoms with Crippen molar-refractivity contribution < 1.29 is 19.4 Å². The van der Waals surface area contributed by atoms with E-state index >= 15 is 0 Å². The van der Waals surface area contributed by atoms with E-state index in [4.69, 9.17) is 9.84 Å². The molecular formula is C17H15NO4. The normalized spacial score (nSPS) is 16.9. The first-order valence-corrected chi connectivity index (χ1v) is 6.95. The third-order valence-corrected chi connectivity index (χ3v) is 3.62. The lowest BCUT2D eigenvalue weighted by atomic mass is 10.1. The number of carboxylic acids is 1.